The fraction of sp³-hybridized carbons (Fsp3) is 0.233. The Balaban J connectivity index is 1.72. The van der Waals surface area contributed by atoms with Crippen molar-refractivity contribution in [1.29, 1.82) is 0 Å². The number of rotatable bonds is 7. The lowest BCUT2D eigenvalue weighted by molar-refractivity contribution is -0.132. The second-order valence-electron chi connectivity index (χ2n) is 9.25. The highest BCUT2D eigenvalue weighted by molar-refractivity contribution is 7.22. The molecule has 0 aliphatic carbocycles. The summed E-state index contributed by atoms with van der Waals surface area (Å²) in [6.45, 7) is 6.53. The molecule has 1 aliphatic heterocycles. The van der Waals surface area contributed by atoms with E-state index in [-0.39, 0.29) is 11.3 Å². The van der Waals surface area contributed by atoms with Crippen LogP contribution in [0.3, 0.4) is 0 Å². The molecule has 1 saturated heterocycles. The van der Waals surface area contributed by atoms with Gasteiger partial charge in [-0.2, -0.15) is 0 Å². The second-order valence-corrected chi connectivity index (χ2v) is 10.3. The van der Waals surface area contributed by atoms with Crippen LogP contribution in [0.25, 0.3) is 16.0 Å². The standard InChI is InChI=1S/C30H28N2O5S/c1-5-12-37-22-11-6-8-19(15-22)26-24(27(33)20-9-7-10-21(16-20)36-4)28(34)29(35)32(26)30-31-25-18(3)13-17(2)14-23(25)38-30/h6-11,13-16,26,33H,5,12H2,1-4H3. The third kappa shape index (κ3) is 4.52. The Morgan fingerprint density at radius 3 is 2.58 bits per heavy atom. The number of aromatic nitrogens is 1. The van der Waals surface area contributed by atoms with Crippen LogP contribution in [0.4, 0.5) is 5.13 Å². The van der Waals surface area contributed by atoms with E-state index in [1.807, 2.05) is 51.1 Å². The highest BCUT2D eigenvalue weighted by atomic mass is 32.1. The zero-order valence-corrected chi connectivity index (χ0v) is 22.5. The van der Waals surface area contributed by atoms with Crippen molar-refractivity contribution in [3.63, 3.8) is 0 Å². The number of ketones is 1. The normalized spacial score (nSPS) is 16.8. The highest BCUT2D eigenvalue weighted by Gasteiger charge is 2.48. The number of nitrogens with zero attached hydrogens (tertiary/aromatic N) is 2. The van der Waals surface area contributed by atoms with Gasteiger partial charge in [-0.3, -0.25) is 14.5 Å². The molecule has 1 N–H and O–H groups in total. The summed E-state index contributed by atoms with van der Waals surface area (Å²) in [6, 6.07) is 17.2. The number of ether oxygens (including phenoxy) is 2. The number of anilines is 1. The number of aryl methyl sites for hydroxylation is 2. The molecule has 0 spiro atoms. The number of Topliss-reactive ketones (excluding diaryl/α,β-unsaturated/α-hetero) is 1. The molecule has 2 heterocycles. The Bertz CT molecular complexity index is 1590. The Morgan fingerprint density at radius 1 is 1.05 bits per heavy atom. The maximum atomic E-state index is 13.6. The molecule has 38 heavy (non-hydrogen) atoms. The number of benzene rings is 3. The number of amides is 1. The van der Waals surface area contributed by atoms with Gasteiger partial charge in [0.2, 0.25) is 0 Å². The number of carbonyl (C=O) groups excluding carboxylic acids is 2. The van der Waals surface area contributed by atoms with E-state index in [9.17, 15) is 14.7 Å². The van der Waals surface area contributed by atoms with E-state index in [0.29, 0.717) is 34.4 Å². The van der Waals surface area contributed by atoms with Crippen LogP contribution in [-0.4, -0.2) is 35.5 Å². The van der Waals surface area contributed by atoms with Gasteiger partial charge in [-0.25, -0.2) is 4.98 Å². The molecule has 0 saturated carbocycles. The predicted molar refractivity (Wildman–Crippen MR) is 149 cm³/mol. The van der Waals surface area contributed by atoms with Crippen molar-refractivity contribution in [3.05, 3.63) is 88.5 Å². The maximum absolute atomic E-state index is 13.6. The lowest BCUT2D eigenvalue weighted by atomic mass is 9.95. The minimum atomic E-state index is -0.895. The van der Waals surface area contributed by atoms with Crippen LogP contribution in [0.1, 0.15) is 41.6 Å². The number of hydrogen-bond acceptors (Lipinski definition) is 7. The summed E-state index contributed by atoms with van der Waals surface area (Å²) in [7, 11) is 1.52. The van der Waals surface area contributed by atoms with Crippen LogP contribution in [-0.2, 0) is 9.59 Å². The van der Waals surface area contributed by atoms with Gasteiger partial charge in [-0.1, -0.05) is 48.6 Å². The summed E-state index contributed by atoms with van der Waals surface area (Å²) in [4.78, 5) is 33.3. The molecule has 0 bridgehead atoms. The molecular weight excluding hydrogens is 500 g/mol. The molecule has 1 unspecified atom stereocenters. The summed E-state index contributed by atoms with van der Waals surface area (Å²) >= 11 is 1.35. The van der Waals surface area contributed by atoms with Gasteiger partial charge in [0, 0.05) is 5.56 Å². The van der Waals surface area contributed by atoms with Crippen LogP contribution >= 0.6 is 11.3 Å². The van der Waals surface area contributed by atoms with Crippen LogP contribution in [0, 0.1) is 13.8 Å². The Kier molecular flexibility index (Phi) is 6.91. The van der Waals surface area contributed by atoms with Crippen molar-refractivity contribution in [2.45, 2.75) is 33.2 Å². The molecule has 4 aromatic rings. The van der Waals surface area contributed by atoms with Crippen LogP contribution in [0.2, 0.25) is 0 Å². The van der Waals surface area contributed by atoms with Gasteiger partial charge >= 0.3 is 5.91 Å². The SMILES string of the molecule is CCCOc1cccc(C2C(=C(O)c3cccc(OC)c3)C(=O)C(=O)N2c2nc3c(C)cc(C)cc3s2)c1. The largest absolute Gasteiger partial charge is 0.507 e. The number of fused-ring (bicyclic) bond motifs is 1. The van der Waals surface area contributed by atoms with Crippen molar-refractivity contribution < 1.29 is 24.2 Å². The molecule has 5 rings (SSSR count). The number of carbonyl (C=O) groups is 2. The number of aliphatic hydroxyl groups is 1. The number of thiazole rings is 1. The predicted octanol–water partition coefficient (Wildman–Crippen LogP) is 6.34. The van der Waals surface area contributed by atoms with Crippen molar-refractivity contribution in [1.82, 2.24) is 4.98 Å². The summed E-state index contributed by atoms with van der Waals surface area (Å²) < 4.78 is 12.1. The fourth-order valence-electron chi connectivity index (χ4n) is 4.73. The summed E-state index contributed by atoms with van der Waals surface area (Å²) in [5, 5.41) is 11.8. The first-order valence-electron chi connectivity index (χ1n) is 12.4. The monoisotopic (exact) mass is 528 g/mol. The summed E-state index contributed by atoms with van der Waals surface area (Å²) in [5.74, 6) is -0.656. The molecule has 1 fully saturated rings. The van der Waals surface area contributed by atoms with E-state index in [0.717, 1.165) is 27.8 Å². The fourth-order valence-corrected chi connectivity index (χ4v) is 5.90. The molecule has 1 aromatic heterocycles. The third-order valence-corrected chi connectivity index (χ3v) is 7.46. The van der Waals surface area contributed by atoms with Crippen LogP contribution in [0.5, 0.6) is 11.5 Å². The van der Waals surface area contributed by atoms with Gasteiger partial charge in [0.1, 0.15) is 17.3 Å². The van der Waals surface area contributed by atoms with Gasteiger partial charge in [-0.15, -0.1) is 0 Å². The van der Waals surface area contributed by atoms with E-state index in [2.05, 4.69) is 0 Å². The van der Waals surface area contributed by atoms with E-state index < -0.39 is 17.7 Å². The van der Waals surface area contributed by atoms with Crippen LogP contribution in [0.15, 0.2) is 66.2 Å². The van der Waals surface area contributed by atoms with Gasteiger partial charge in [0.25, 0.3) is 5.78 Å². The van der Waals surface area contributed by atoms with Gasteiger partial charge in [0.15, 0.2) is 5.13 Å². The minimum absolute atomic E-state index is 0.0111. The zero-order valence-electron chi connectivity index (χ0n) is 21.6. The number of methoxy groups -OCH3 is 1. The second kappa shape index (κ2) is 10.3. The number of aliphatic hydroxyl groups excluding tert-OH is 1. The number of hydrogen-bond donors (Lipinski definition) is 1. The highest BCUT2D eigenvalue weighted by Crippen LogP contribution is 2.45. The molecule has 1 aliphatic rings. The Labute approximate surface area is 225 Å². The van der Waals surface area contributed by atoms with Crippen molar-refractivity contribution in [2.24, 2.45) is 0 Å². The molecule has 7 nitrogen and oxygen atoms in total. The molecule has 1 atom stereocenters. The quantitative estimate of drug-likeness (QED) is 0.171. The molecular formula is C30H28N2O5S. The maximum Gasteiger partial charge on any atom is 0.301 e. The van der Waals surface area contributed by atoms with Crippen molar-refractivity contribution in [2.75, 3.05) is 18.6 Å². The lowest BCUT2D eigenvalue weighted by Crippen LogP contribution is -2.29. The van der Waals surface area contributed by atoms with E-state index in [1.165, 1.54) is 23.3 Å². The average molecular weight is 529 g/mol. The molecule has 1 amide bonds. The molecule has 194 valence electrons. The summed E-state index contributed by atoms with van der Waals surface area (Å²) in [6.07, 6.45) is 0.836. The summed E-state index contributed by atoms with van der Waals surface area (Å²) in [5.41, 5.74) is 3.85. The average Bonchev–Trinajstić information content (AvgIpc) is 3.45. The van der Waals surface area contributed by atoms with Gasteiger partial charge < -0.3 is 14.6 Å². The van der Waals surface area contributed by atoms with Crippen LogP contribution < -0.4 is 14.4 Å². The van der Waals surface area contributed by atoms with Crippen molar-refractivity contribution >= 4 is 44.1 Å². The Morgan fingerprint density at radius 2 is 1.82 bits per heavy atom. The first kappa shape index (κ1) is 25.5. The topological polar surface area (TPSA) is 89.0 Å². The van der Waals surface area contributed by atoms with Gasteiger partial charge in [0.05, 0.1) is 35.5 Å². The first-order valence-corrected chi connectivity index (χ1v) is 13.2. The van der Waals surface area contributed by atoms with Crippen molar-refractivity contribution in [3.8, 4) is 11.5 Å². The molecule has 3 aromatic carbocycles. The first-order chi connectivity index (χ1) is 18.3. The van der Waals surface area contributed by atoms with E-state index >= 15 is 0 Å². The molecule has 0 radical (unpaired) electrons. The minimum Gasteiger partial charge on any atom is -0.507 e. The van der Waals surface area contributed by atoms with E-state index in [4.69, 9.17) is 14.5 Å². The Hall–Kier alpha value is -4.17. The lowest BCUT2D eigenvalue weighted by Gasteiger charge is -2.23. The van der Waals surface area contributed by atoms with E-state index in [1.54, 1.807) is 30.3 Å². The smallest absolute Gasteiger partial charge is 0.301 e. The third-order valence-electron chi connectivity index (χ3n) is 6.46. The van der Waals surface area contributed by atoms with Gasteiger partial charge in [-0.05, 0) is 67.3 Å². The molecule has 8 heteroatoms. The zero-order chi connectivity index (χ0) is 27.0.